The third kappa shape index (κ3) is 8.67. The molecule has 1 aromatic carbocycles. The smallest absolute Gasteiger partial charge is 0.242 e. The standard InChI is InChI=1S/C18H30N4O2S/c1-6-19-17(22-13-18(2,3)25-5)21-12-16(23)20-11-14-7-9-15(24-4)10-8-14/h7-10H,6,11-13H2,1-5H3,(H,20,23)(H2,19,21,22). The molecule has 1 amide bonds. The number of aliphatic imine (C=N–C) groups is 1. The third-order valence-electron chi connectivity index (χ3n) is 3.61. The van der Waals surface area contributed by atoms with Gasteiger partial charge in [-0.2, -0.15) is 11.8 Å². The molecule has 0 aliphatic carbocycles. The molecule has 0 unspecified atom stereocenters. The van der Waals surface area contributed by atoms with Crippen LogP contribution in [0.4, 0.5) is 0 Å². The maximum absolute atomic E-state index is 12.0. The normalized spacial score (nSPS) is 11.8. The summed E-state index contributed by atoms with van der Waals surface area (Å²) < 4.78 is 5.22. The third-order valence-corrected chi connectivity index (χ3v) is 4.86. The van der Waals surface area contributed by atoms with Gasteiger partial charge < -0.3 is 20.7 Å². The molecule has 0 aliphatic rings. The minimum Gasteiger partial charge on any atom is -0.497 e. The fourth-order valence-corrected chi connectivity index (χ4v) is 2.08. The van der Waals surface area contributed by atoms with Crippen molar-refractivity contribution in [2.24, 2.45) is 4.99 Å². The topological polar surface area (TPSA) is 74.8 Å². The molecule has 0 spiro atoms. The number of thioether (sulfide) groups is 1. The second-order valence-corrected chi connectivity index (χ2v) is 7.65. The molecule has 25 heavy (non-hydrogen) atoms. The average Bonchev–Trinajstić information content (AvgIpc) is 2.62. The Morgan fingerprint density at radius 1 is 1.20 bits per heavy atom. The second kappa shape index (κ2) is 10.9. The van der Waals surface area contributed by atoms with Crippen LogP contribution in [0.5, 0.6) is 5.75 Å². The molecule has 6 nitrogen and oxygen atoms in total. The van der Waals surface area contributed by atoms with Gasteiger partial charge in [0.15, 0.2) is 5.96 Å². The van der Waals surface area contributed by atoms with Crippen LogP contribution in [-0.2, 0) is 11.3 Å². The van der Waals surface area contributed by atoms with Crippen molar-refractivity contribution < 1.29 is 9.53 Å². The van der Waals surface area contributed by atoms with Gasteiger partial charge in [-0.3, -0.25) is 4.79 Å². The lowest BCUT2D eigenvalue weighted by molar-refractivity contribution is -0.119. The Morgan fingerprint density at radius 3 is 2.44 bits per heavy atom. The summed E-state index contributed by atoms with van der Waals surface area (Å²) in [5.74, 6) is 1.34. The highest BCUT2D eigenvalue weighted by atomic mass is 32.2. The van der Waals surface area contributed by atoms with Crippen LogP contribution >= 0.6 is 11.8 Å². The summed E-state index contributed by atoms with van der Waals surface area (Å²) in [5, 5.41) is 9.31. The van der Waals surface area contributed by atoms with Crippen LogP contribution in [-0.4, -0.2) is 49.6 Å². The maximum atomic E-state index is 12.0. The first-order chi connectivity index (χ1) is 11.9. The summed E-state index contributed by atoms with van der Waals surface area (Å²) in [7, 11) is 1.63. The highest BCUT2D eigenvalue weighted by molar-refractivity contribution is 7.99. The first-order valence-corrected chi connectivity index (χ1v) is 9.59. The van der Waals surface area contributed by atoms with E-state index in [-0.39, 0.29) is 17.2 Å². The Hall–Kier alpha value is -1.89. The summed E-state index contributed by atoms with van der Waals surface area (Å²) in [4.78, 5) is 16.3. The van der Waals surface area contributed by atoms with E-state index in [1.165, 1.54) is 0 Å². The fraction of sp³-hybridized carbons (Fsp3) is 0.556. The van der Waals surface area contributed by atoms with Gasteiger partial charge in [0.2, 0.25) is 5.91 Å². The van der Waals surface area contributed by atoms with E-state index in [9.17, 15) is 4.79 Å². The number of nitrogens with one attached hydrogen (secondary N) is 3. The van der Waals surface area contributed by atoms with E-state index in [1.807, 2.05) is 31.2 Å². The molecule has 0 saturated heterocycles. The van der Waals surface area contributed by atoms with Crippen molar-refractivity contribution in [3.05, 3.63) is 29.8 Å². The van der Waals surface area contributed by atoms with Gasteiger partial charge in [0.05, 0.1) is 7.11 Å². The second-order valence-electron chi connectivity index (χ2n) is 6.14. The van der Waals surface area contributed by atoms with E-state index in [1.54, 1.807) is 18.9 Å². The van der Waals surface area contributed by atoms with Gasteiger partial charge in [-0.15, -0.1) is 0 Å². The van der Waals surface area contributed by atoms with E-state index in [4.69, 9.17) is 4.74 Å². The van der Waals surface area contributed by atoms with Gasteiger partial charge in [-0.1, -0.05) is 12.1 Å². The summed E-state index contributed by atoms with van der Waals surface area (Å²) in [6.45, 7) is 8.41. The number of ether oxygens (including phenoxy) is 1. The SMILES string of the molecule is CCNC(=NCC(=O)NCc1ccc(OC)cc1)NCC(C)(C)SC. The number of methoxy groups -OCH3 is 1. The molecule has 7 heteroatoms. The van der Waals surface area contributed by atoms with Gasteiger partial charge in [0.25, 0.3) is 0 Å². The predicted molar refractivity (Wildman–Crippen MR) is 106 cm³/mol. The van der Waals surface area contributed by atoms with E-state index >= 15 is 0 Å². The molecular formula is C18H30N4O2S. The molecule has 140 valence electrons. The number of hydrogen-bond acceptors (Lipinski definition) is 4. The zero-order chi connectivity index (χ0) is 18.7. The Balaban J connectivity index is 2.47. The van der Waals surface area contributed by atoms with Gasteiger partial charge >= 0.3 is 0 Å². The summed E-state index contributed by atoms with van der Waals surface area (Å²) in [6.07, 6.45) is 2.08. The van der Waals surface area contributed by atoms with Crippen LogP contribution < -0.4 is 20.7 Å². The highest BCUT2D eigenvalue weighted by Crippen LogP contribution is 2.19. The minimum atomic E-state index is -0.114. The number of amides is 1. The van der Waals surface area contributed by atoms with Gasteiger partial charge in [0.1, 0.15) is 12.3 Å². The number of hydrogen-bond donors (Lipinski definition) is 3. The Bertz CT molecular complexity index is 559. The van der Waals surface area contributed by atoms with Crippen LogP contribution in [0.1, 0.15) is 26.3 Å². The molecule has 0 bridgehead atoms. The van der Waals surface area contributed by atoms with Crippen LogP contribution in [0.15, 0.2) is 29.3 Å². The molecule has 0 heterocycles. The fourth-order valence-electron chi connectivity index (χ4n) is 1.86. The molecule has 0 radical (unpaired) electrons. The first-order valence-electron chi connectivity index (χ1n) is 8.37. The quantitative estimate of drug-likeness (QED) is 0.460. The van der Waals surface area contributed by atoms with Crippen molar-refractivity contribution in [3.8, 4) is 5.75 Å². The molecule has 0 fully saturated rings. The molecule has 0 aromatic heterocycles. The lowest BCUT2D eigenvalue weighted by atomic mass is 10.2. The average molecular weight is 367 g/mol. The van der Waals surface area contributed by atoms with E-state index in [0.717, 1.165) is 24.4 Å². The molecular weight excluding hydrogens is 336 g/mol. The molecule has 1 aromatic rings. The highest BCUT2D eigenvalue weighted by Gasteiger charge is 2.16. The maximum Gasteiger partial charge on any atom is 0.242 e. The van der Waals surface area contributed by atoms with Crippen molar-refractivity contribution in [3.63, 3.8) is 0 Å². The number of nitrogens with zero attached hydrogens (tertiary/aromatic N) is 1. The number of rotatable bonds is 9. The van der Waals surface area contributed by atoms with Crippen LogP contribution in [0.3, 0.4) is 0 Å². The number of guanidine groups is 1. The van der Waals surface area contributed by atoms with Crippen LogP contribution in [0.2, 0.25) is 0 Å². The molecule has 3 N–H and O–H groups in total. The monoisotopic (exact) mass is 366 g/mol. The molecule has 0 saturated carbocycles. The van der Waals surface area contributed by atoms with Crippen molar-refractivity contribution in [1.29, 1.82) is 0 Å². The van der Waals surface area contributed by atoms with Gasteiger partial charge in [-0.25, -0.2) is 4.99 Å². The molecule has 0 atom stereocenters. The number of benzene rings is 1. The van der Waals surface area contributed by atoms with Gasteiger partial charge in [0, 0.05) is 24.4 Å². The predicted octanol–water partition coefficient (Wildman–Crippen LogP) is 2.01. The first kappa shape index (κ1) is 21.2. The Labute approximate surface area is 155 Å². The molecule has 1 rings (SSSR count). The van der Waals surface area contributed by atoms with Gasteiger partial charge in [-0.05, 0) is 44.7 Å². The van der Waals surface area contributed by atoms with Crippen molar-refractivity contribution in [2.45, 2.75) is 32.1 Å². The summed E-state index contributed by atoms with van der Waals surface area (Å²) >= 11 is 1.79. The van der Waals surface area contributed by atoms with Crippen molar-refractivity contribution >= 4 is 23.6 Å². The van der Waals surface area contributed by atoms with Crippen molar-refractivity contribution in [1.82, 2.24) is 16.0 Å². The largest absolute Gasteiger partial charge is 0.497 e. The zero-order valence-electron chi connectivity index (χ0n) is 15.8. The van der Waals surface area contributed by atoms with E-state index in [2.05, 4.69) is 41.0 Å². The number of carbonyl (C=O) groups is 1. The summed E-state index contributed by atoms with van der Waals surface area (Å²) in [6, 6.07) is 7.61. The van der Waals surface area contributed by atoms with Crippen molar-refractivity contribution in [2.75, 3.05) is 33.0 Å². The Kier molecular flexibility index (Phi) is 9.20. The zero-order valence-corrected chi connectivity index (χ0v) is 16.6. The van der Waals surface area contributed by atoms with E-state index in [0.29, 0.717) is 12.5 Å². The van der Waals surface area contributed by atoms with Crippen LogP contribution in [0, 0.1) is 0 Å². The van der Waals surface area contributed by atoms with Crippen LogP contribution in [0.25, 0.3) is 0 Å². The summed E-state index contributed by atoms with van der Waals surface area (Å²) in [5.41, 5.74) is 1.02. The number of carbonyl (C=O) groups excluding carboxylic acids is 1. The lowest BCUT2D eigenvalue weighted by Crippen LogP contribution is -2.43. The minimum absolute atomic E-state index is 0.0885. The van der Waals surface area contributed by atoms with E-state index < -0.39 is 0 Å². The lowest BCUT2D eigenvalue weighted by Gasteiger charge is -2.23. The molecule has 0 aliphatic heterocycles. The Morgan fingerprint density at radius 2 is 1.88 bits per heavy atom.